The van der Waals surface area contributed by atoms with Crippen LogP contribution in [-0.2, 0) is 27.6 Å². The Morgan fingerprint density at radius 1 is 1.27 bits per heavy atom. The van der Waals surface area contributed by atoms with E-state index in [0.29, 0.717) is 25.7 Å². The van der Waals surface area contributed by atoms with Crippen LogP contribution in [-0.4, -0.2) is 79.7 Å². The third-order valence-electron chi connectivity index (χ3n) is 3.82. The average Bonchev–Trinajstić information content (AvgIpc) is 2.55. The largest absolute Gasteiger partial charge is 0.500 e. The van der Waals surface area contributed by atoms with Gasteiger partial charge in [0.2, 0.25) is 5.91 Å². The van der Waals surface area contributed by atoms with Crippen LogP contribution >= 0.6 is 0 Å². The first kappa shape index (κ1) is 19.0. The van der Waals surface area contributed by atoms with Crippen LogP contribution in [0.4, 0.5) is 0 Å². The van der Waals surface area contributed by atoms with Gasteiger partial charge >= 0.3 is 14.8 Å². The highest BCUT2D eigenvalue weighted by atomic mass is 28.4. The Balaban J connectivity index is 2.48. The Morgan fingerprint density at radius 3 is 2.45 bits per heavy atom. The molecule has 1 heterocycles. The van der Waals surface area contributed by atoms with Gasteiger partial charge in [0, 0.05) is 47.0 Å². The molecule has 9 heteroatoms. The molecule has 0 spiro atoms. The van der Waals surface area contributed by atoms with Crippen molar-refractivity contribution in [3.8, 4) is 0 Å². The number of hydrogen-bond acceptors (Lipinski definition) is 7. The minimum Gasteiger partial charge on any atom is -0.469 e. The summed E-state index contributed by atoms with van der Waals surface area (Å²) in [5, 5.41) is 3.05. The summed E-state index contributed by atoms with van der Waals surface area (Å²) >= 11 is 0. The third kappa shape index (κ3) is 5.02. The van der Waals surface area contributed by atoms with Gasteiger partial charge in [0.1, 0.15) is 0 Å². The van der Waals surface area contributed by atoms with Gasteiger partial charge in [-0.1, -0.05) is 0 Å². The van der Waals surface area contributed by atoms with E-state index in [-0.39, 0.29) is 12.3 Å². The van der Waals surface area contributed by atoms with Crippen molar-refractivity contribution >= 4 is 20.7 Å². The van der Waals surface area contributed by atoms with Crippen molar-refractivity contribution in [2.75, 3.05) is 48.1 Å². The summed E-state index contributed by atoms with van der Waals surface area (Å²) in [5.74, 6) is -0.464. The van der Waals surface area contributed by atoms with E-state index in [0.717, 1.165) is 6.42 Å². The highest BCUT2D eigenvalue weighted by Gasteiger charge is 2.38. The van der Waals surface area contributed by atoms with Crippen molar-refractivity contribution in [1.82, 2.24) is 10.2 Å². The van der Waals surface area contributed by atoms with E-state index in [4.69, 9.17) is 13.3 Å². The van der Waals surface area contributed by atoms with Crippen LogP contribution in [0.1, 0.15) is 12.8 Å². The number of carbonyl (C=O) groups excluding carboxylic acids is 2. The maximum Gasteiger partial charge on any atom is 0.500 e. The molecule has 0 aromatic rings. The van der Waals surface area contributed by atoms with Gasteiger partial charge in [0.05, 0.1) is 19.6 Å². The Hall–Kier alpha value is -1.00. The molecule has 8 nitrogen and oxygen atoms in total. The third-order valence-corrected chi connectivity index (χ3v) is 6.66. The standard InChI is InChI=1S/C13H26N2O6Si/c1-18-12(16)10-11-13(17)15(8-6-14-11)7-5-9-22(19-2,20-3)21-4/h11,14H,5-10H2,1-4H3. The van der Waals surface area contributed by atoms with Crippen LogP contribution in [0.15, 0.2) is 0 Å². The molecular formula is C13H26N2O6Si. The maximum atomic E-state index is 12.3. The number of rotatable bonds is 9. The number of hydrogen-bond donors (Lipinski definition) is 1. The fourth-order valence-electron chi connectivity index (χ4n) is 2.47. The molecule has 1 aliphatic heterocycles. The molecule has 0 aliphatic carbocycles. The fraction of sp³-hybridized carbons (Fsp3) is 0.846. The lowest BCUT2D eigenvalue weighted by molar-refractivity contribution is -0.146. The van der Waals surface area contributed by atoms with Crippen molar-refractivity contribution in [2.45, 2.75) is 24.9 Å². The molecule has 1 aliphatic rings. The summed E-state index contributed by atoms with van der Waals surface area (Å²) in [6.07, 6.45) is 0.775. The maximum absolute atomic E-state index is 12.3. The van der Waals surface area contributed by atoms with Gasteiger partial charge in [-0.05, 0) is 6.42 Å². The zero-order chi connectivity index (χ0) is 16.6. The molecular weight excluding hydrogens is 308 g/mol. The van der Waals surface area contributed by atoms with Crippen LogP contribution in [0, 0.1) is 0 Å². The van der Waals surface area contributed by atoms with Crippen LogP contribution in [0.5, 0.6) is 0 Å². The predicted octanol–water partition coefficient (Wildman–Crippen LogP) is -0.382. The first-order valence-electron chi connectivity index (χ1n) is 7.26. The zero-order valence-electron chi connectivity index (χ0n) is 13.7. The molecule has 22 heavy (non-hydrogen) atoms. The van der Waals surface area contributed by atoms with Crippen LogP contribution < -0.4 is 5.32 Å². The molecule has 1 fully saturated rings. The molecule has 1 rings (SSSR count). The number of amides is 1. The van der Waals surface area contributed by atoms with Gasteiger partial charge < -0.3 is 28.2 Å². The summed E-state index contributed by atoms with van der Waals surface area (Å²) in [6, 6.07) is 0.130. The van der Waals surface area contributed by atoms with E-state index in [9.17, 15) is 9.59 Å². The number of carbonyl (C=O) groups is 2. The molecule has 0 aromatic carbocycles. The van der Waals surface area contributed by atoms with Gasteiger partial charge in [0.15, 0.2) is 0 Å². The summed E-state index contributed by atoms with van der Waals surface area (Å²) < 4.78 is 20.7. The molecule has 0 bridgehead atoms. The summed E-state index contributed by atoms with van der Waals surface area (Å²) in [4.78, 5) is 25.4. The number of nitrogens with one attached hydrogen (secondary N) is 1. The number of esters is 1. The van der Waals surface area contributed by atoms with Crippen molar-refractivity contribution < 1.29 is 27.6 Å². The molecule has 1 saturated heterocycles. The smallest absolute Gasteiger partial charge is 0.469 e. The number of piperazine rings is 1. The van der Waals surface area contributed by atoms with Crippen molar-refractivity contribution in [3.63, 3.8) is 0 Å². The normalized spacial score (nSPS) is 19.4. The van der Waals surface area contributed by atoms with Gasteiger partial charge in [-0.2, -0.15) is 0 Å². The van der Waals surface area contributed by atoms with Gasteiger partial charge in [-0.15, -0.1) is 0 Å². The second-order valence-corrected chi connectivity index (χ2v) is 8.10. The Morgan fingerprint density at radius 2 is 1.91 bits per heavy atom. The Kier molecular flexibility index (Phi) is 7.97. The predicted molar refractivity (Wildman–Crippen MR) is 81.2 cm³/mol. The first-order chi connectivity index (χ1) is 10.5. The Bertz CT molecular complexity index is 369. The lowest BCUT2D eigenvalue weighted by Gasteiger charge is -2.33. The van der Waals surface area contributed by atoms with Gasteiger partial charge in [-0.3, -0.25) is 9.59 Å². The van der Waals surface area contributed by atoms with Crippen LogP contribution in [0.25, 0.3) is 0 Å². The SMILES string of the molecule is COC(=O)CC1NCCN(CCC[Si](OC)(OC)OC)C1=O. The highest BCUT2D eigenvalue weighted by molar-refractivity contribution is 6.60. The molecule has 0 saturated carbocycles. The number of ether oxygens (including phenoxy) is 1. The lowest BCUT2D eigenvalue weighted by atomic mass is 10.1. The number of methoxy groups -OCH3 is 1. The van der Waals surface area contributed by atoms with Crippen molar-refractivity contribution in [3.05, 3.63) is 0 Å². The van der Waals surface area contributed by atoms with Crippen molar-refractivity contribution in [2.24, 2.45) is 0 Å². The minimum atomic E-state index is -2.60. The first-order valence-corrected chi connectivity index (χ1v) is 9.19. The summed E-state index contributed by atoms with van der Waals surface area (Å²) in [6.45, 7) is 1.87. The highest BCUT2D eigenvalue weighted by Crippen LogP contribution is 2.16. The quantitative estimate of drug-likeness (QED) is 0.454. The second kappa shape index (κ2) is 9.21. The second-order valence-electron chi connectivity index (χ2n) is 5.01. The molecule has 0 radical (unpaired) electrons. The van der Waals surface area contributed by atoms with Gasteiger partial charge in [0.25, 0.3) is 0 Å². The van der Waals surface area contributed by atoms with E-state index in [1.807, 2.05) is 0 Å². The zero-order valence-corrected chi connectivity index (χ0v) is 14.7. The van der Waals surface area contributed by atoms with E-state index in [1.54, 1.807) is 26.2 Å². The molecule has 0 aromatic heterocycles. The van der Waals surface area contributed by atoms with Crippen LogP contribution in [0.2, 0.25) is 6.04 Å². The molecule has 1 amide bonds. The topological polar surface area (TPSA) is 86.3 Å². The van der Waals surface area contributed by atoms with E-state index in [2.05, 4.69) is 10.1 Å². The van der Waals surface area contributed by atoms with Crippen LogP contribution in [0.3, 0.4) is 0 Å². The van der Waals surface area contributed by atoms with Gasteiger partial charge in [-0.25, -0.2) is 0 Å². The monoisotopic (exact) mass is 334 g/mol. The van der Waals surface area contributed by atoms with E-state index < -0.39 is 20.8 Å². The minimum absolute atomic E-state index is 0.0543. The molecule has 128 valence electrons. The summed E-state index contributed by atoms with van der Waals surface area (Å²) in [5.41, 5.74) is 0. The average molecular weight is 334 g/mol. The van der Waals surface area contributed by atoms with Crippen molar-refractivity contribution in [1.29, 1.82) is 0 Å². The van der Waals surface area contributed by atoms with E-state index >= 15 is 0 Å². The van der Waals surface area contributed by atoms with E-state index in [1.165, 1.54) is 7.11 Å². The molecule has 1 atom stereocenters. The lowest BCUT2D eigenvalue weighted by Crippen LogP contribution is -2.56. The number of nitrogens with zero attached hydrogens (tertiary/aromatic N) is 1. The fourth-order valence-corrected chi connectivity index (χ4v) is 4.17. The molecule has 1 N–H and O–H groups in total. The summed E-state index contributed by atoms with van der Waals surface area (Å²) in [7, 11) is 3.43. The Labute approximate surface area is 132 Å². The molecule has 1 unspecified atom stereocenters.